The third-order valence-corrected chi connectivity index (χ3v) is 3.12. The van der Waals surface area contributed by atoms with E-state index in [0.717, 1.165) is 17.7 Å². The quantitative estimate of drug-likeness (QED) is 0.852. The van der Waals surface area contributed by atoms with Crippen molar-refractivity contribution in [3.8, 4) is 5.75 Å². The first-order valence-electron chi connectivity index (χ1n) is 5.65. The Morgan fingerprint density at radius 1 is 1.35 bits per heavy atom. The van der Waals surface area contributed by atoms with Crippen LogP contribution in [0.15, 0.2) is 18.2 Å². The number of nitrogens with two attached hydrogens (primary N) is 1. The number of rotatable bonds is 6. The number of halogens is 1. The van der Waals surface area contributed by atoms with E-state index in [1.807, 2.05) is 26.0 Å². The van der Waals surface area contributed by atoms with Gasteiger partial charge in [0, 0.05) is 25.1 Å². The van der Waals surface area contributed by atoms with Gasteiger partial charge in [0.1, 0.15) is 5.75 Å². The maximum atomic E-state index is 6.04. The molecule has 0 saturated heterocycles. The monoisotopic (exact) mass is 257 g/mol. The first kappa shape index (κ1) is 14.3. The van der Waals surface area contributed by atoms with Gasteiger partial charge in [-0.3, -0.25) is 0 Å². The molecule has 1 aromatic rings. The van der Waals surface area contributed by atoms with Gasteiger partial charge in [-0.15, -0.1) is 0 Å². The van der Waals surface area contributed by atoms with E-state index in [1.54, 1.807) is 13.2 Å². The molecule has 0 unspecified atom stereocenters. The van der Waals surface area contributed by atoms with Crippen LogP contribution in [0.4, 0.5) is 0 Å². The van der Waals surface area contributed by atoms with Gasteiger partial charge in [-0.2, -0.15) is 0 Å². The summed E-state index contributed by atoms with van der Waals surface area (Å²) in [5.74, 6) is 0.763. The minimum atomic E-state index is -0.166. The summed E-state index contributed by atoms with van der Waals surface area (Å²) in [6.07, 6.45) is 0.819. The molecule has 0 atom stereocenters. The van der Waals surface area contributed by atoms with E-state index < -0.39 is 0 Å². The zero-order chi connectivity index (χ0) is 12.9. The van der Waals surface area contributed by atoms with Gasteiger partial charge in [-0.25, -0.2) is 0 Å². The smallest absolute Gasteiger partial charge is 0.120 e. The van der Waals surface area contributed by atoms with Crippen LogP contribution in [-0.4, -0.2) is 19.3 Å². The third-order valence-electron chi connectivity index (χ3n) is 2.77. The van der Waals surface area contributed by atoms with Crippen LogP contribution in [0.3, 0.4) is 0 Å². The molecule has 0 spiro atoms. The third kappa shape index (κ3) is 4.54. The van der Waals surface area contributed by atoms with Crippen molar-refractivity contribution in [2.75, 3.05) is 13.7 Å². The molecule has 0 aliphatic carbocycles. The van der Waals surface area contributed by atoms with Crippen molar-refractivity contribution in [3.05, 3.63) is 28.8 Å². The Balaban J connectivity index is 2.50. The van der Waals surface area contributed by atoms with Gasteiger partial charge in [0.25, 0.3) is 0 Å². The Bertz CT molecular complexity index is 366. The van der Waals surface area contributed by atoms with E-state index >= 15 is 0 Å². The van der Waals surface area contributed by atoms with E-state index in [-0.39, 0.29) is 5.60 Å². The van der Waals surface area contributed by atoms with Crippen molar-refractivity contribution in [2.24, 2.45) is 5.73 Å². The lowest BCUT2D eigenvalue weighted by atomic mass is 10.1. The molecule has 96 valence electrons. The molecule has 0 bridgehead atoms. The SMILES string of the molecule is COC(C)(C)CCOc1ccc(CN)c(Cl)c1. The summed E-state index contributed by atoms with van der Waals surface area (Å²) in [5.41, 5.74) is 6.30. The molecule has 1 rings (SSSR count). The summed E-state index contributed by atoms with van der Waals surface area (Å²) in [5, 5.41) is 0.649. The van der Waals surface area contributed by atoms with Crippen molar-refractivity contribution in [2.45, 2.75) is 32.4 Å². The lowest BCUT2D eigenvalue weighted by molar-refractivity contribution is 0.00546. The van der Waals surface area contributed by atoms with Crippen LogP contribution in [0, 0.1) is 0 Å². The van der Waals surface area contributed by atoms with Gasteiger partial charge in [-0.05, 0) is 31.5 Å². The Labute approximate surface area is 108 Å². The summed E-state index contributed by atoms with van der Waals surface area (Å²) >= 11 is 6.04. The van der Waals surface area contributed by atoms with Crippen LogP contribution in [-0.2, 0) is 11.3 Å². The van der Waals surface area contributed by atoms with E-state index in [0.29, 0.717) is 18.2 Å². The molecular weight excluding hydrogens is 238 g/mol. The highest BCUT2D eigenvalue weighted by Crippen LogP contribution is 2.23. The van der Waals surface area contributed by atoms with Crippen LogP contribution in [0.1, 0.15) is 25.8 Å². The molecule has 0 fully saturated rings. The Hall–Kier alpha value is -0.770. The number of ether oxygens (including phenoxy) is 2. The average molecular weight is 258 g/mol. The predicted molar refractivity (Wildman–Crippen MR) is 70.5 cm³/mol. The van der Waals surface area contributed by atoms with Gasteiger partial charge in [0.15, 0.2) is 0 Å². The van der Waals surface area contributed by atoms with Crippen molar-refractivity contribution >= 4 is 11.6 Å². The highest BCUT2D eigenvalue weighted by Gasteiger charge is 2.16. The first-order chi connectivity index (χ1) is 7.98. The maximum absolute atomic E-state index is 6.04. The number of hydrogen-bond donors (Lipinski definition) is 1. The second-order valence-electron chi connectivity index (χ2n) is 4.52. The highest BCUT2D eigenvalue weighted by molar-refractivity contribution is 6.31. The van der Waals surface area contributed by atoms with Gasteiger partial charge in [-0.1, -0.05) is 17.7 Å². The number of hydrogen-bond acceptors (Lipinski definition) is 3. The van der Waals surface area contributed by atoms with E-state index in [4.69, 9.17) is 26.8 Å². The van der Waals surface area contributed by atoms with Crippen LogP contribution < -0.4 is 10.5 Å². The van der Waals surface area contributed by atoms with Gasteiger partial charge in [0.05, 0.1) is 12.2 Å². The maximum Gasteiger partial charge on any atom is 0.120 e. The van der Waals surface area contributed by atoms with Crippen molar-refractivity contribution in [1.29, 1.82) is 0 Å². The first-order valence-corrected chi connectivity index (χ1v) is 6.03. The molecule has 0 saturated carbocycles. The Kier molecular flexibility index (Phi) is 5.25. The van der Waals surface area contributed by atoms with E-state index in [2.05, 4.69) is 0 Å². The topological polar surface area (TPSA) is 44.5 Å². The fraction of sp³-hybridized carbons (Fsp3) is 0.538. The zero-order valence-corrected chi connectivity index (χ0v) is 11.4. The lowest BCUT2D eigenvalue weighted by Gasteiger charge is -2.22. The summed E-state index contributed by atoms with van der Waals surface area (Å²) < 4.78 is 10.9. The molecule has 0 radical (unpaired) electrons. The molecular formula is C13H20ClNO2. The van der Waals surface area contributed by atoms with Gasteiger partial charge < -0.3 is 15.2 Å². The second kappa shape index (κ2) is 6.24. The fourth-order valence-corrected chi connectivity index (χ4v) is 1.55. The van der Waals surface area contributed by atoms with Crippen molar-refractivity contribution in [1.82, 2.24) is 0 Å². The van der Waals surface area contributed by atoms with E-state index in [9.17, 15) is 0 Å². The molecule has 0 aromatic heterocycles. The summed E-state index contributed by atoms with van der Waals surface area (Å²) in [4.78, 5) is 0. The summed E-state index contributed by atoms with van der Waals surface area (Å²) in [6, 6.07) is 5.57. The van der Waals surface area contributed by atoms with Crippen molar-refractivity contribution < 1.29 is 9.47 Å². The zero-order valence-electron chi connectivity index (χ0n) is 10.6. The molecule has 1 aromatic carbocycles. The van der Waals surface area contributed by atoms with Crippen LogP contribution in [0.2, 0.25) is 5.02 Å². The minimum absolute atomic E-state index is 0.166. The Morgan fingerprint density at radius 2 is 2.06 bits per heavy atom. The number of methoxy groups -OCH3 is 1. The summed E-state index contributed by atoms with van der Waals surface area (Å²) in [6.45, 7) is 5.09. The minimum Gasteiger partial charge on any atom is -0.493 e. The normalized spacial score (nSPS) is 11.6. The molecule has 0 amide bonds. The van der Waals surface area contributed by atoms with Crippen molar-refractivity contribution in [3.63, 3.8) is 0 Å². The van der Waals surface area contributed by atoms with Crippen LogP contribution >= 0.6 is 11.6 Å². The molecule has 3 nitrogen and oxygen atoms in total. The molecule has 17 heavy (non-hydrogen) atoms. The van der Waals surface area contributed by atoms with Crippen LogP contribution in [0.25, 0.3) is 0 Å². The second-order valence-corrected chi connectivity index (χ2v) is 4.93. The Morgan fingerprint density at radius 3 is 2.59 bits per heavy atom. The predicted octanol–water partition coefficient (Wildman–Crippen LogP) is 2.99. The molecule has 2 N–H and O–H groups in total. The van der Waals surface area contributed by atoms with Gasteiger partial charge >= 0.3 is 0 Å². The number of benzene rings is 1. The average Bonchev–Trinajstić information content (AvgIpc) is 2.29. The standard InChI is InChI=1S/C13H20ClNO2/c1-13(2,16-3)6-7-17-11-5-4-10(9-15)12(14)8-11/h4-5,8H,6-7,9,15H2,1-3H3. The molecule has 0 heterocycles. The fourth-order valence-electron chi connectivity index (χ4n) is 1.30. The lowest BCUT2D eigenvalue weighted by Crippen LogP contribution is -2.25. The summed E-state index contributed by atoms with van der Waals surface area (Å²) in [7, 11) is 1.70. The molecule has 4 heteroatoms. The van der Waals surface area contributed by atoms with E-state index in [1.165, 1.54) is 0 Å². The molecule has 0 aliphatic heterocycles. The highest BCUT2D eigenvalue weighted by atomic mass is 35.5. The largest absolute Gasteiger partial charge is 0.493 e. The molecule has 0 aliphatic rings. The van der Waals surface area contributed by atoms with Gasteiger partial charge in [0.2, 0.25) is 0 Å². The van der Waals surface area contributed by atoms with Crippen LogP contribution in [0.5, 0.6) is 5.75 Å².